The minimum atomic E-state index is 0.0226. The molecule has 0 saturated carbocycles. The fourth-order valence-corrected chi connectivity index (χ4v) is 2.60. The van der Waals surface area contributed by atoms with Gasteiger partial charge in [-0.15, -0.1) is 0 Å². The van der Waals surface area contributed by atoms with E-state index in [0.29, 0.717) is 15.6 Å². The molecule has 1 N–H and O–H groups in total. The van der Waals surface area contributed by atoms with Crippen molar-refractivity contribution in [2.45, 2.75) is 6.92 Å². The number of H-pyrrole nitrogens is 1. The van der Waals surface area contributed by atoms with Crippen molar-refractivity contribution in [1.82, 2.24) is 4.98 Å². The summed E-state index contributed by atoms with van der Waals surface area (Å²) in [5.74, 6) is 0.0226. The molecule has 3 rings (SSSR count). The van der Waals surface area contributed by atoms with Gasteiger partial charge in [0.05, 0.1) is 21.1 Å². The van der Waals surface area contributed by atoms with Crippen LogP contribution in [0.25, 0.3) is 21.8 Å². The lowest BCUT2D eigenvalue weighted by atomic mass is 10.1. The first-order valence-corrected chi connectivity index (χ1v) is 6.24. The molecular formula is C14H9Cl2NO. The topological polar surface area (TPSA) is 32.9 Å². The maximum absolute atomic E-state index is 11.6. The number of benzene rings is 2. The van der Waals surface area contributed by atoms with Gasteiger partial charge in [0.25, 0.3) is 0 Å². The van der Waals surface area contributed by atoms with Crippen LogP contribution in [0.3, 0.4) is 0 Å². The summed E-state index contributed by atoms with van der Waals surface area (Å²) in [5, 5.41) is 2.94. The van der Waals surface area contributed by atoms with Crippen LogP contribution in [0, 0.1) is 0 Å². The molecule has 1 heterocycles. The molecular weight excluding hydrogens is 269 g/mol. The zero-order valence-corrected chi connectivity index (χ0v) is 11.1. The highest BCUT2D eigenvalue weighted by Gasteiger charge is 2.13. The number of rotatable bonds is 1. The summed E-state index contributed by atoms with van der Waals surface area (Å²) in [6.45, 7) is 1.55. The van der Waals surface area contributed by atoms with E-state index in [1.54, 1.807) is 19.1 Å². The largest absolute Gasteiger partial charge is 0.353 e. The van der Waals surface area contributed by atoms with Gasteiger partial charge in [-0.25, -0.2) is 0 Å². The zero-order chi connectivity index (χ0) is 12.9. The Hall–Kier alpha value is -1.51. The second kappa shape index (κ2) is 4.01. The summed E-state index contributed by atoms with van der Waals surface area (Å²) < 4.78 is 0. The molecule has 0 bridgehead atoms. The molecule has 2 nitrogen and oxygen atoms in total. The molecule has 0 aliphatic heterocycles. The van der Waals surface area contributed by atoms with E-state index in [0.717, 1.165) is 21.8 Å². The highest BCUT2D eigenvalue weighted by atomic mass is 35.5. The lowest BCUT2D eigenvalue weighted by Gasteiger charge is -1.97. The first kappa shape index (κ1) is 11.6. The van der Waals surface area contributed by atoms with Crippen molar-refractivity contribution >= 4 is 50.8 Å². The molecule has 2 aromatic carbocycles. The van der Waals surface area contributed by atoms with Crippen LogP contribution in [0.5, 0.6) is 0 Å². The van der Waals surface area contributed by atoms with Crippen LogP contribution in [-0.4, -0.2) is 10.8 Å². The quantitative estimate of drug-likeness (QED) is 0.635. The van der Waals surface area contributed by atoms with Gasteiger partial charge < -0.3 is 4.98 Å². The Bertz CT molecular complexity index is 789. The molecule has 0 spiro atoms. The van der Waals surface area contributed by atoms with E-state index in [4.69, 9.17) is 23.2 Å². The minimum Gasteiger partial charge on any atom is -0.353 e. The van der Waals surface area contributed by atoms with Crippen molar-refractivity contribution in [2.24, 2.45) is 0 Å². The molecule has 0 atom stereocenters. The molecule has 0 aliphatic carbocycles. The first-order valence-electron chi connectivity index (χ1n) is 5.49. The van der Waals surface area contributed by atoms with Crippen molar-refractivity contribution < 1.29 is 4.79 Å². The van der Waals surface area contributed by atoms with Crippen LogP contribution in [0.15, 0.2) is 30.3 Å². The Morgan fingerprint density at radius 3 is 2.50 bits per heavy atom. The number of carbonyl (C=O) groups excluding carboxylic acids is 1. The molecule has 90 valence electrons. The summed E-state index contributed by atoms with van der Waals surface area (Å²) in [6.07, 6.45) is 0. The normalized spacial score (nSPS) is 11.3. The smallest absolute Gasteiger partial charge is 0.161 e. The third-order valence-corrected chi connectivity index (χ3v) is 3.88. The van der Waals surface area contributed by atoms with Gasteiger partial charge in [0.1, 0.15) is 0 Å². The molecule has 0 saturated heterocycles. The van der Waals surface area contributed by atoms with Crippen LogP contribution in [0.2, 0.25) is 10.0 Å². The van der Waals surface area contributed by atoms with Gasteiger partial charge in [-0.1, -0.05) is 41.4 Å². The van der Waals surface area contributed by atoms with Gasteiger partial charge in [-0.3, -0.25) is 4.79 Å². The van der Waals surface area contributed by atoms with E-state index in [2.05, 4.69) is 4.98 Å². The molecule has 4 heteroatoms. The average Bonchev–Trinajstić information content (AvgIpc) is 2.72. The molecule has 3 aromatic rings. The van der Waals surface area contributed by atoms with Crippen molar-refractivity contribution in [3.05, 3.63) is 45.9 Å². The fraction of sp³-hybridized carbons (Fsp3) is 0.0714. The van der Waals surface area contributed by atoms with Crippen LogP contribution < -0.4 is 0 Å². The van der Waals surface area contributed by atoms with E-state index in [9.17, 15) is 4.79 Å². The summed E-state index contributed by atoms with van der Waals surface area (Å²) in [4.78, 5) is 14.8. The second-order valence-electron chi connectivity index (χ2n) is 4.19. The number of ketones is 1. The standard InChI is InChI=1S/C14H9Cl2NO/c1-7(18)8-3-2-4-9-10-5-6-11(15)12(16)14(10)17-13(8)9/h2-6,17H,1H3. The maximum atomic E-state index is 11.6. The third kappa shape index (κ3) is 1.53. The van der Waals surface area contributed by atoms with Crippen LogP contribution in [-0.2, 0) is 0 Å². The Balaban J connectivity index is 2.54. The van der Waals surface area contributed by atoms with E-state index in [1.165, 1.54) is 0 Å². The Labute approximate surface area is 114 Å². The van der Waals surface area contributed by atoms with E-state index in [-0.39, 0.29) is 5.78 Å². The number of fused-ring (bicyclic) bond motifs is 3. The van der Waals surface area contributed by atoms with E-state index < -0.39 is 0 Å². The van der Waals surface area contributed by atoms with Crippen LogP contribution >= 0.6 is 23.2 Å². The number of hydrogen-bond donors (Lipinski definition) is 1. The molecule has 0 aliphatic rings. The number of aromatic amines is 1. The first-order chi connectivity index (χ1) is 8.59. The van der Waals surface area contributed by atoms with Crippen molar-refractivity contribution in [3.63, 3.8) is 0 Å². The number of aromatic nitrogens is 1. The molecule has 0 unspecified atom stereocenters. The van der Waals surface area contributed by atoms with Gasteiger partial charge in [-0.05, 0) is 19.1 Å². The monoisotopic (exact) mass is 277 g/mol. The number of halogens is 2. The molecule has 0 radical (unpaired) electrons. The number of Topliss-reactive ketones (excluding diaryl/α,β-unsaturated/α-hetero) is 1. The summed E-state index contributed by atoms with van der Waals surface area (Å²) in [7, 11) is 0. The molecule has 0 amide bonds. The van der Waals surface area contributed by atoms with Crippen molar-refractivity contribution in [2.75, 3.05) is 0 Å². The number of nitrogens with one attached hydrogen (secondary N) is 1. The van der Waals surface area contributed by atoms with Crippen LogP contribution in [0.4, 0.5) is 0 Å². The molecule has 1 aromatic heterocycles. The van der Waals surface area contributed by atoms with Gasteiger partial charge in [0.15, 0.2) is 5.78 Å². The van der Waals surface area contributed by atoms with Crippen LogP contribution in [0.1, 0.15) is 17.3 Å². The Morgan fingerprint density at radius 1 is 1.06 bits per heavy atom. The van der Waals surface area contributed by atoms with Crippen molar-refractivity contribution in [3.8, 4) is 0 Å². The zero-order valence-electron chi connectivity index (χ0n) is 9.55. The lowest BCUT2D eigenvalue weighted by molar-refractivity contribution is 0.101. The molecule has 18 heavy (non-hydrogen) atoms. The van der Waals surface area contributed by atoms with Gasteiger partial charge in [0.2, 0.25) is 0 Å². The Kier molecular flexibility index (Phi) is 2.58. The highest BCUT2D eigenvalue weighted by molar-refractivity contribution is 6.45. The van der Waals surface area contributed by atoms with Gasteiger partial charge in [-0.2, -0.15) is 0 Å². The summed E-state index contributed by atoms with van der Waals surface area (Å²) in [5.41, 5.74) is 2.24. The van der Waals surface area contributed by atoms with Gasteiger partial charge in [0, 0.05) is 16.3 Å². The fourth-order valence-electron chi connectivity index (χ4n) is 2.23. The third-order valence-electron chi connectivity index (χ3n) is 3.08. The lowest BCUT2D eigenvalue weighted by Crippen LogP contribution is -1.92. The van der Waals surface area contributed by atoms with E-state index >= 15 is 0 Å². The summed E-state index contributed by atoms with van der Waals surface area (Å²) >= 11 is 12.2. The van der Waals surface area contributed by atoms with Gasteiger partial charge >= 0.3 is 0 Å². The number of para-hydroxylation sites is 1. The SMILES string of the molecule is CC(=O)c1cccc2c1[nH]c1c(Cl)c(Cl)ccc12. The Morgan fingerprint density at radius 2 is 1.78 bits per heavy atom. The highest BCUT2D eigenvalue weighted by Crippen LogP contribution is 2.35. The minimum absolute atomic E-state index is 0.0226. The summed E-state index contributed by atoms with van der Waals surface area (Å²) in [6, 6.07) is 9.31. The number of hydrogen-bond acceptors (Lipinski definition) is 1. The predicted octanol–water partition coefficient (Wildman–Crippen LogP) is 4.83. The number of carbonyl (C=O) groups is 1. The van der Waals surface area contributed by atoms with E-state index in [1.807, 2.05) is 18.2 Å². The maximum Gasteiger partial charge on any atom is 0.161 e. The second-order valence-corrected chi connectivity index (χ2v) is 4.98. The average molecular weight is 278 g/mol. The van der Waals surface area contributed by atoms with Crippen molar-refractivity contribution in [1.29, 1.82) is 0 Å². The predicted molar refractivity (Wildman–Crippen MR) is 75.8 cm³/mol. The molecule has 0 fully saturated rings.